The molecule has 0 radical (unpaired) electrons. The van der Waals surface area contributed by atoms with Crippen LogP contribution in [0.4, 0.5) is 0 Å². The van der Waals surface area contributed by atoms with Gasteiger partial charge in [-0.05, 0) is 32.7 Å². The molecule has 0 aliphatic carbocycles. The smallest absolute Gasteiger partial charge is 0.0724 e. The number of hydrogen-bond acceptors (Lipinski definition) is 3. The highest BCUT2D eigenvalue weighted by Gasteiger charge is 2.26. The third-order valence-corrected chi connectivity index (χ3v) is 3.87. The third kappa shape index (κ3) is 3.12. The highest BCUT2D eigenvalue weighted by molar-refractivity contribution is 5.04. The molecule has 2 rings (SSSR count). The van der Waals surface area contributed by atoms with Gasteiger partial charge in [0.25, 0.3) is 0 Å². The molecule has 2 heterocycles. The van der Waals surface area contributed by atoms with Gasteiger partial charge >= 0.3 is 0 Å². The first-order valence-corrected chi connectivity index (χ1v) is 6.88. The van der Waals surface area contributed by atoms with Crippen molar-refractivity contribution < 1.29 is 4.74 Å². The summed E-state index contributed by atoms with van der Waals surface area (Å²) in [6.07, 6.45) is 5.74. The molecular formula is C14H25N3O. The van der Waals surface area contributed by atoms with Crippen LogP contribution in [-0.4, -0.2) is 41.0 Å². The molecule has 0 aromatic carbocycles. The van der Waals surface area contributed by atoms with E-state index in [1.807, 2.05) is 18.0 Å². The summed E-state index contributed by atoms with van der Waals surface area (Å²) in [5.41, 5.74) is 1.30. The van der Waals surface area contributed by atoms with Gasteiger partial charge in [-0.25, -0.2) is 0 Å². The fourth-order valence-electron chi connectivity index (χ4n) is 2.55. The zero-order valence-corrected chi connectivity index (χ0v) is 12.0. The zero-order valence-electron chi connectivity index (χ0n) is 12.0. The van der Waals surface area contributed by atoms with Crippen LogP contribution in [0.2, 0.25) is 0 Å². The van der Waals surface area contributed by atoms with Gasteiger partial charge in [0.05, 0.1) is 12.3 Å². The third-order valence-electron chi connectivity index (χ3n) is 3.87. The maximum Gasteiger partial charge on any atom is 0.0724 e. The first-order chi connectivity index (χ1) is 8.60. The average molecular weight is 251 g/mol. The highest BCUT2D eigenvalue weighted by atomic mass is 16.5. The summed E-state index contributed by atoms with van der Waals surface area (Å²) in [5.74, 6) is 0.671. The molecule has 1 aliphatic heterocycles. The molecule has 0 N–H and O–H groups in total. The topological polar surface area (TPSA) is 30.3 Å². The lowest BCUT2D eigenvalue weighted by molar-refractivity contribution is -0.00745. The van der Waals surface area contributed by atoms with Gasteiger partial charge in [0.2, 0.25) is 0 Å². The normalized spacial score (nSPS) is 25.8. The van der Waals surface area contributed by atoms with Gasteiger partial charge < -0.3 is 4.74 Å². The number of piperidine rings is 1. The first kappa shape index (κ1) is 13.6. The quantitative estimate of drug-likeness (QED) is 0.822. The molecular weight excluding hydrogens is 226 g/mol. The van der Waals surface area contributed by atoms with Crippen LogP contribution in [0.5, 0.6) is 0 Å². The second-order valence-electron chi connectivity index (χ2n) is 5.70. The number of aromatic nitrogens is 2. The molecule has 2 atom stereocenters. The standard InChI is InChI=1S/C14H25N3O/c1-11(2)17-9-13(7-15-17)8-16-6-5-12(3)14(10-16)18-4/h7,9,11-12,14H,5-6,8,10H2,1-4H3/t12-,14-/m0/s1. The van der Waals surface area contributed by atoms with Crippen molar-refractivity contribution >= 4 is 0 Å². The number of nitrogens with zero attached hydrogens (tertiary/aromatic N) is 3. The Balaban J connectivity index is 1.92. The predicted molar refractivity (Wildman–Crippen MR) is 72.5 cm³/mol. The van der Waals surface area contributed by atoms with E-state index in [1.165, 1.54) is 12.0 Å². The van der Waals surface area contributed by atoms with E-state index in [9.17, 15) is 0 Å². The highest BCUT2D eigenvalue weighted by Crippen LogP contribution is 2.21. The monoisotopic (exact) mass is 251 g/mol. The summed E-state index contributed by atoms with van der Waals surface area (Å²) in [6.45, 7) is 9.76. The Morgan fingerprint density at radius 1 is 1.50 bits per heavy atom. The molecule has 1 aromatic rings. The Labute approximate surface area is 110 Å². The van der Waals surface area contributed by atoms with Gasteiger partial charge in [-0.2, -0.15) is 5.10 Å². The molecule has 1 fully saturated rings. The number of ether oxygens (including phenoxy) is 1. The number of hydrogen-bond donors (Lipinski definition) is 0. The Kier molecular flexibility index (Phi) is 4.40. The van der Waals surface area contributed by atoms with Crippen LogP contribution < -0.4 is 0 Å². The summed E-state index contributed by atoms with van der Waals surface area (Å²) in [6, 6.07) is 0.437. The van der Waals surface area contributed by atoms with Crippen LogP contribution >= 0.6 is 0 Å². The lowest BCUT2D eigenvalue weighted by atomic mass is 9.95. The second kappa shape index (κ2) is 5.85. The molecule has 4 heteroatoms. The molecule has 0 amide bonds. The Morgan fingerprint density at radius 2 is 2.28 bits per heavy atom. The van der Waals surface area contributed by atoms with Crippen LogP contribution in [0.15, 0.2) is 12.4 Å². The number of rotatable bonds is 4. The molecule has 1 aliphatic rings. The second-order valence-corrected chi connectivity index (χ2v) is 5.70. The van der Waals surface area contributed by atoms with Crippen molar-refractivity contribution in [1.29, 1.82) is 0 Å². The van der Waals surface area contributed by atoms with Gasteiger partial charge in [0, 0.05) is 38.0 Å². The molecule has 0 spiro atoms. The Bertz CT molecular complexity index is 375. The zero-order chi connectivity index (χ0) is 13.1. The Hall–Kier alpha value is -0.870. The molecule has 4 nitrogen and oxygen atoms in total. The summed E-state index contributed by atoms with van der Waals surface area (Å²) in [5, 5.41) is 4.39. The lowest BCUT2D eigenvalue weighted by Crippen LogP contribution is -2.43. The van der Waals surface area contributed by atoms with Crippen molar-refractivity contribution in [2.24, 2.45) is 5.92 Å². The van der Waals surface area contributed by atoms with Gasteiger partial charge in [-0.3, -0.25) is 9.58 Å². The largest absolute Gasteiger partial charge is 0.380 e. The van der Waals surface area contributed by atoms with E-state index < -0.39 is 0 Å². The lowest BCUT2D eigenvalue weighted by Gasteiger charge is -2.35. The maximum absolute atomic E-state index is 5.55. The van der Waals surface area contributed by atoms with Gasteiger partial charge in [0.15, 0.2) is 0 Å². The van der Waals surface area contributed by atoms with Crippen LogP contribution in [-0.2, 0) is 11.3 Å². The summed E-state index contributed by atoms with van der Waals surface area (Å²) in [4.78, 5) is 2.47. The van der Waals surface area contributed by atoms with E-state index in [-0.39, 0.29) is 0 Å². The minimum Gasteiger partial charge on any atom is -0.380 e. The van der Waals surface area contributed by atoms with E-state index in [1.54, 1.807) is 0 Å². The van der Waals surface area contributed by atoms with Gasteiger partial charge in [-0.15, -0.1) is 0 Å². The van der Waals surface area contributed by atoms with Gasteiger partial charge in [0.1, 0.15) is 0 Å². The summed E-state index contributed by atoms with van der Waals surface area (Å²) in [7, 11) is 1.82. The molecule has 18 heavy (non-hydrogen) atoms. The van der Waals surface area contributed by atoms with Crippen LogP contribution in [0.1, 0.15) is 38.8 Å². The predicted octanol–water partition coefficient (Wildman–Crippen LogP) is 2.32. The van der Waals surface area contributed by atoms with Crippen molar-refractivity contribution in [3.8, 4) is 0 Å². The molecule has 0 bridgehead atoms. The van der Waals surface area contributed by atoms with Gasteiger partial charge in [-0.1, -0.05) is 6.92 Å². The summed E-state index contributed by atoms with van der Waals surface area (Å²) < 4.78 is 7.58. The van der Waals surface area contributed by atoms with Crippen molar-refractivity contribution in [1.82, 2.24) is 14.7 Å². The fraction of sp³-hybridized carbons (Fsp3) is 0.786. The molecule has 102 valence electrons. The van der Waals surface area contributed by atoms with Crippen molar-refractivity contribution in [3.63, 3.8) is 0 Å². The number of methoxy groups -OCH3 is 1. The molecule has 1 aromatic heterocycles. The van der Waals surface area contributed by atoms with E-state index in [0.717, 1.165) is 19.6 Å². The minimum absolute atomic E-state index is 0.374. The molecule has 0 saturated carbocycles. The molecule has 0 unspecified atom stereocenters. The van der Waals surface area contributed by atoms with E-state index in [2.05, 4.69) is 37.0 Å². The van der Waals surface area contributed by atoms with E-state index in [4.69, 9.17) is 4.74 Å². The van der Waals surface area contributed by atoms with Crippen molar-refractivity contribution in [2.45, 2.75) is 45.9 Å². The van der Waals surface area contributed by atoms with Crippen LogP contribution in [0.3, 0.4) is 0 Å². The maximum atomic E-state index is 5.55. The fourth-order valence-corrected chi connectivity index (χ4v) is 2.55. The minimum atomic E-state index is 0.374. The van der Waals surface area contributed by atoms with Crippen LogP contribution in [0, 0.1) is 5.92 Å². The Morgan fingerprint density at radius 3 is 2.89 bits per heavy atom. The average Bonchev–Trinajstić information content (AvgIpc) is 2.80. The molecule has 1 saturated heterocycles. The van der Waals surface area contributed by atoms with Crippen LogP contribution in [0.25, 0.3) is 0 Å². The first-order valence-electron chi connectivity index (χ1n) is 6.88. The van der Waals surface area contributed by atoms with E-state index in [0.29, 0.717) is 18.1 Å². The number of likely N-dealkylation sites (tertiary alicyclic amines) is 1. The van der Waals surface area contributed by atoms with Crippen molar-refractivity contribution in [3.05, 3.63) is 18.0 Å². The van der Waals surface area contributed by atoms with E-state index >= 15 is 0 Å². The summed E-state index contributed by atoms with van der Waals surface area (Å²) >= 11 is 0. The SMILES string of the molecule is CO[C@H]1CN(Cc2cnn(C(C)C)c2)CC[C@@H]1C. The van der Waals surface area contributed by atoms with Crippen molar-refractivity contribution in [2.75, 3.05) is 20.2 Å².